The third-order valence-electron chi connectivity index (χ3n) is 5.93. The average molecular weight is 481 g/mol. The van der Waals surface area contributed by atoms with Gasteiger partial charge in [0.1, 0.15) is 5.75 Å². The van der Waals surface area contributed by atoms with Gasteiger partial charge in [0.2, 0.25) is 5.16 Å². The van der Waals surface area contributed by atoms with Crippen molar-refractivity contribution in [2.45, 2.75) is 50.4 Å². The topological polar surface area (TPSA) is 102 Å². The van der Waals surface area contributed by atoms with Crippen molar-refractivity contribution in [3.05, 3.63) is 54.1 Å². The lowest BCUT2D eigenvalue weighted by Gasteiger charge is -2.38. The van der Waals surface area contributed by atoms with E-state index in [2.05, 4.69) is 34.7 Å². The van der Waals surface area contributed by atoms with Gasteiger partial charge in [0, 0.05) is 23.3 Å². The molecule has 2 atom stereocenters. The van der Waals surface area contributed by atoms with Gasteiger partial charge in [-0.2, -0.15) is 4.68 Å². The SMILES string of the molecule is CSc1nnnn1-c1cccc(NC(=O)c2ccc(OCC(=O)N3C(C)CCCC3C)cc2)c1. The molecule has 2 heterocycles. The number of carbonyl (C=O) groups is 2. The number of piperidine rings is 1. The Kier molecular flexibility index (Phi) is 7.46. The first kappa shape index (κ1) is 23.7. The maximum atomic E-state index is 12.7. The van der Waals surface area contributed by atoms with Gasteiger partial charge in [-0.05, 0) is 92.3 Å². The summed E-state index contributed by atoms with van der Waals surface area (Å²) in [6.07, 6.45) is 5.09. The van der Waals surface area contributed by atoms with Crippen molar-refractivity contribution in [1.29, 1.82) is 0 Å². The number of aromatic nitrogens is 4. The Balaban J connectivity index is 1.35. The number of rotatable bonds is 7. The second-order valence-corrected chi connectivity index (χ2v) is 9.10. The summed E-state index contributed by atoms with van der Waals surface area (Å²) in [5.74, 6) is 0.290. The molecule has 1 aliphatic rings. The number of carbonyl (C=O) groups excluding carboxylic acids is 2. The lowest BCUT2D eigenvalue weighted by atomic mass is 9.97. The monoisotopic (exact) mass is 480 g/mol. The quantitative estimate of drug-likeness (QED) is 0.513. The largest absolute Gasteiger partial charge is 0.484 e. The molecular weight excluding hydrogens is 452 g/mol. The van der Waals surface area contributed by atoms with E-state index < -0.39 is 0 Å². The Morgan fingerprint density at radius 2 is 1.85 bits per heavy atom. The van der Waals surface area contributed by atoms with Crippen LogP contribution in [-0.2, 0) is 4.79 Å². The summed E-state index contributed by atoms with van der Waals surface area (Å²) >= 11 is 1.43. The van der Waals surface area contributed by atoms with E-state index >= 15 is 0 Å². The molecule has 1 saturated heterocycles. The summed E-state index contributed by atoms with van der Waals surface area (Å²) in [6.45, 7) is 4.16. The van der Waals surface area contributed by atoms with Crippen LogP contribution in [0.1, 0.15) is 43.5 Å². The highest BCUT2D eigenvalue weighted by Gasteiger charge is 2.29. The molecule has 0 bridgehead atoms. The van der Waals surface area contributed by atoms with Crippen LogP contribution in [-0.4, -0.2) is 61.9 Å². The van der Waals surface area contributed by atoms with E-state index in [0.29, 0.717) is 22.2 Å². The van der Waals surface area contributed by atoms with E-state index in [1.165, 1.54) is 11.8 Å². The van der Waals surface area contributed by atoms with E-state index in [1.807, 2.05) is 23.3 Å². The fourth-order valence-electron chi connectivity index (χ4n) is 4.22. The lowest BCUT2D eigenvalue weighted by Crippen LogP contribution is -2.49. The third kappa shape index (κ3) is 5.39. The summed E-state index contributed by atoms with van der Waals surface area (Å²) in [7, 11) is 0. The fourth-order valence-corrected chi connectivity index (χ4v) is 4.65. The van der Waals surface area contributed by atoms with Crippen LogP contribution in [0.15, 0.2) is 53.7 Å². The Labute approximate surface area is 202 Å². The first-order chi connectivity index (χ1) is 16.5. The Morgan fingerprint density at radius 3 is 2.56 bits per heavy atom. The zero-order chi connectivity index (χ0) is 24.1. The molecule has 2 unspecified atom stereocenters. The standard InChI is InChI=1S/C24H28N6O3S/c1-16-6-4-7-17(2)29(16)22(31)15-33-21-12-10-18(11-13-21)23(32)25-19-8-5-9-20(14-19)30-24(34-3)26-27-28-30/h5,8-14,16-17H,4,6-7,15H2,1-3H3,(H,25,32). The van der Waals surface area contributed by atoms with Crippen molar-refractivity contribution in [3.8, 4) is 11.4 Å². The van der Waals surface area contributed by atoms with Gasteiger partial charge in [0.25, 0.3) is 11.8 Å². The molecule has 2 aromatic carbocycles. The van der Waals surface area contributed by atoms with Gasteiger partial charge in [0.05, 0.1) is 5.69 Å². The van der Waals surface area contributed by atoms with Crippen molar-refractivity contribution < 1.29 is 14.3 Å². The van der Waals surface area contributed by atoms with Crippen molar-refractivity contribution in [3.63, 3.8) is 0 Å². The number of benzene rings is 2. The number of likely N-dealkylation sites (tertiary alicyclic amines) is 1. The number of tetrazole rings is 1. The number of hydrogen-bond donors (Lipinski definition) is 1. The Morgan fingerprint density at radius 1 is 1.12 bits per heavy atom. The maximum Gasteiger partial charge on any atom is 0.260 e. The molecule has 34 heavy (non-hydrogen) atoms. The molecule has 4 rings (SSSR count). The summed E-state index contributed by atoms with van der Waals surface area (Å²) in [6, 6.07) is 14.5. The number of ether oxygens (including phenoxy) is 1. The van der Waals surface area contributed by atoms with Crippen LogP contribution in [0.3, 0.4) is 0 Å². The summed E-state index contributed by atoms with van der Waals surface area (Å²) < 4.78 is 7.31. The van der Waals surface area contributed by atoms with Gasteiger partial charge in [-0.3, -0.25) is 9.59 Å². The molecule has 3 aromatic rings. The molecule has 0 spiro atoms. The number of hydrogen-bond acceptors (Lipinski definition) is 7. The van der Waals surface area contributed by atoms with Gasteiger partial charge >= 0.3 is 0 Å². The van der Waals surface area contributed by atoms with E-state index in [9.17, 15) is 9.59 Å². The van der Waals surface area contributed by atoms with E-state index in [-0.39, 0.29) is 30.5 Å². The average Bonchev–Trinajstić information content (AvgIpc) is 3.32. The minimum absolute atomic E-state index is 0.00591. The van der Waals surface area contributed by atoms with Crippen LogP contribution in [0.4, 0.5) is 5.69 Å². The van der Waals surface area contributed by atoms with E-state index in [1.54, 1.807) is 41.1 Å². The zero-order valence-corrected chi connectivity index (χ0v) is 20.3. The van der Waals surface area contributed by atoms with E-state index in [0.717, 1.165) is 24.9 Å². The molecule has 0 saturated carbocycles. The summed E-state index contributed by atoms with van der Waals surface area (Å²) in [5.41, 5.74) is 1.85. The Bertz CT molecular complexity index is 1140. The molecule has 1 aromatic heterocycles. The molecule has 9 nitrogen and oxygen atoms in total. The first-order valence-corrected chi connectivity index (χ1v) is 12.5. The molecule has 1 fully saturated rings. The van der Waals surface area contributed by atoms with Crippen molar-refractivity contribution in [1.82, 2.24) is 25.1 Å². The minimum Gasteiger partial charge on any atom is -0.484 e. The molecule has 178 valence electrons. The lowest BCUT2D eigenvalue weighted by molar-refractivity contribution is -0.139. The van der Waals surface area contributed by atoms with Crippen LogP contribution < -0.4 is 10.1 Å². The maximum absolute atomic E-state index is 12.7. The van der Waals surface area contributed by atoms with Gasteiger partial charge in [-0.1, -0.05) is 17.8 Å². The smallest absolute Gasteiger partial charge is 0.260 e. The molecule has 0 aliphatic carbocycles. The van der Waals surface area contributed by atoms with Gasteiger partial charge in [-0.15, -0.1) is 5.10 Å². The van der Waals surface area contributed by atoms with Crippen LogP contribution in [0.25, 0.3) is 5.69 Å². The number of anilines is 1. The number of nitrogens with one attached hydrogen (secondary N) is 1. The van der Waals surface area contributed by atoms with Crippen LogP contribution >= 0.6 is 11.8 Å². The van der Waals surface area contributed by atoms with Crippen LogP contribution in [0.2, 0.25) is 0 Å². The Hall–Kier alpha value is -3.40. The third-order valence-corrected chi connectivity index (χ3v) is 6.55. The first-order valence-electron chi connectivity index (χ1n) is 11.2. The van der Waals surface area contributed by atoms with Crippen LogP contribution in [0.5, 0.6) is 5.75 Å². The molecule has 1 aliphatic heterocycles. The van der Waals surface area contributed by atoms with Gasteiger partial charge in [-0.25, -0.2) is 0 Å². The molecule has 1 N–H and O–H groups in total. The second kappa shape index (κ2) is 10.7. The number of nitrogens with zero attached hydrogens (tertiary/aromatic N) is 5. The number of amides is 2. The highest BCUT2D eigenvalue weighted by Crippen LogP contribution is 2.23. The molecule has 0 radical (unpaired) electrons. The highest BCUT2D eigenvalue weighted by atomic mass is 32.2. The normalized spacial score (nSPS) is 17.9. The molecule has 10 heteroatoms. The predicted octanol–water partition coefficient (Wildman–Crippen LogP) is 3.80. The summed E-state index contributed by atoms with van der Waals surface area (Å²) in [5, 5.41) is 15.2. The van der Waals surface area contributed by atoms with Crippen molar-refractivity contribution >= 4 is 29.3 Å². The second-order valence-electron chi connectivity index (χ2n) is 8.32. The van der Waals surface area contributed by atoms with Gasteiger partial charge < -0.3 is 15.0 Å². The molecular formula is C24H28N6O3S. The van der Waals surface area contributed by atoms with Gasteiger partial charge in [0.15, 0.2) is 6.61 Å². The molecule has 2 amide bonds. The predicted molar refractivity (Wildman–Crippen MR) is 130 cm³/mol. The fraction of sp³-hybridized carbons (Fsp3) is 0.375. The minimum atomic E-state index is -0.252. The summed E-state index contributed by atoms with van der Waals surface area (Å²) in [4.78, 5) is 27.3. The number of thioether (sulfide) groups is 1. The van der Waals surface area contributed by atoms with Crippen molar-refractivity contribution in [2.24, 2.45) is 0 Å². The highest BCUT2D eigenvalue weighted by molar-refractivity contribution is 7.98. The van der Waals surface area contributed by atoms with Crippen molar-refractivity contribution in [2.75, 3.05) is 18.2 Å². The van der Waals surface area contributed by atoms with Crippen LogP contribution in [0, 0.1) is 0 Å². The zero-order valence-electron chi connectivity index (χ0n) is 19.5. The van der Waals surface area contributed by atoms with E-state index in [4.69, 9.17) is 4.74 Å².